The van der Waals surface area contributed by atoms with Gasteiger partial charge in [0.2, 0.25) is 11.7 Å². The zero-order valence-electron chi connectivity index (χ0n) is 9.22. The highest BCUT2D eigenvalue weighted by Gasteiger charge is 2.39. The number of aliphatic hydroxyl groups is 1. The molecule has 0 aromatic carbocycles. The van der Waals surface area contributed by atoms with E-state index < -0.39 is 18.7 Å². The molecule has 6 nitrogen and oxygen atoms in total. The average molecular weight is 262 g/mol. The Morgan fingerprint density at radius 2 is 2.22 bits per heavy atom. The van der Waals surface area contributed by atoms with Crippen LogP contribution < -0.4 is 0 Å². The predicted octanol–water partition coefficient (Wildman–Crippen LogP) is 0.936. The largest absolute Gasteiger partial charge is 0.414 e. The maximum absolute atomic E-state index is 12.1. The van der Waals surface area contributed by atoms with Crippen molar-refractivity contribution < 1.29 is 22.8 Å². The summed E-state index contributed by atoms with van der Waals surface area (Å²) >= 11 is 0. The second kappa shape index (κ2) is 4.41. The Morgan fingerprint density at radius 3 is 2.78 bits per heavy atom. The second-order valence-corrected chi connectivity index (χ2v) is 3.64. The number of hydrogen-bond donors (Lipinski definition) is 1. The molecule has 0 bridgehead atoms. The predicted molar refractivity (Wildman–Crippen MR) is 52.3 cm³/mol. The van der Waals surface area contributed by atoms with Crippen LogP contribution in [0.4, 0.5) is 13.2 Å². The maximum atomic E-state index is 12.1. The van der Waals surface area contributed by atoms with Gasteiger partial charge in [0, 0.05) is 19.4 Å². The van der Waals surface area contributed by atoms with Gasteiger partial charge in [0.25, 0.3) is 0 Å². The lowest BCUT2D eigenvalue weighted by atomic mass is 10.2. The second-order valence-electron chi connectivity index (χ2n) is 3.64. The minimum absolute atomic E-state index is 0.0758. The van der Waals surface area contributed by atoms with E-state index in [1.807, 2.05) is 0 Å². The summed E-state index contributed by atoms with van der Waals surface area (Å²) in [7, 11) is 1.68. The van der Waals surface area contributed by atoms with Gasteiger partial charge in [-0.2, -0.15) is 18.2 Å². The molecule has 1 N–H and O–H groups in total. The lowest BCUT2D eigenvalue weighted by Crippen LogP contribution is -2.30. The van der Waals surface area contributed by atoms with Gasteiger partial charge in [-0.25, -0.2) is 4.98 Å². The number of imidazole rings is 1. The van der Waals surface area contributed by atoms with E-state index in [0.29, 0.717) is 5.82 Å². The number of nitrogens with zero attached hydrogens (tertiary/aromatic N) is 4. The quantitative estimate of drug-likeness (QED) is 0.890. The Balaban J connectivity index is 2.15. The Kier molecular flexibility index (Phi) is 3.07. The molecule has 9 heteroatoms. The van der Waals surface area contributed by atoms with Crippen LogP contribution in [0, 0.1) is 0 Å². The summed E-state index contributed by atoms with van der Waals surface area (Å²) in [6, 6.07) is 0. The van der Waals surface area contributed by atoms with E-state index in [1.54, 1.807) is 17.8 Å². The van der Waals surface area contributed by atoms with Crippen molar-refractivity contribution in [3.63, 3.8) is 0 Å². The zero-order chi connectivity index (χ0) is 13.3. The van der Waals surface area contributed by atoms with Crippen LogP contribution >= 0.6 is 0 Å². The summed E-state index contributed by atoms with van der Waals surface area (Å²) in [5.41, 5.74) is 0. The van der Waals surface area contributed by atoms with Crippen molar-refractivity contribution in [2.24, 2.45) is 7.05 Å². The highest BCUT2D eigenvalue weighted by molar-refractivity contribution is 5.42. The van der Waals surface area contributed by atoms with Crippen molar-refractivity contribution >= 4 is 0 Å². The van der Waals surface area contributed by atoms with Gasteiger partial charge >= 0.3 is 6.18 Å². The Morgan fingerprint density at radius 1 is 1.50 bits per heavy atom. The minimum Gasteiger partial charge on any atom is -0.383 e. The average Bonchev–Trinajstić information content (AvgIpc) is 2.85. The standard InChI is InChI=1S/C9H9F3N4O2/c1-16-3-2-13-8(16)7-14-6(18-15-7)4-5(17)9(10,11)12/h2-3,5,17H,4H2,1H3. The van der Waals surface area contributed by atoms with E-state index in [9.17, 15) is 13.2 Å². The van der Waals surface area contributed by atoms with Crippen molar-refractivity contribution in [3.05, 3.63) is 18.3 Å². The van der Waals surface area contributed by atoms with Crippen molar-refractivity contribution in [2.45, 2.75) is 18.7 Å². The third-order valence-corrected chi connectivity index (χ3v) is 2.24. The lowest BCUT2D eigenvalue weighted by molar-refractivity contribution is -0.204. The molecule has 0 aliphatic rings. The molecule has 0 amide bonds. The first-order valence-electron chi connectivity index (χ1n) is 4.93. The summed E-state index contributed by atoms with van der Waals surface area (Å²) in [6.07, 6.45) is -4.88. The fourth-order valence-electron chi connectivity index (χ4n) is 1.29. The molecule has 2 aromatic heterocycles. The lowest BCUT2D eigenvalue weighted by Gasteiger charge is -2.11. The number of hydrogen-bond acceptors (Lipinski definition) is 5. The number of aryl methyl sites for hydroxylation is 1. The van der Waals surface area contributed by atoms with Gasteiger partial charge < -0.3 is 14.2 Å². The van der Waals surface area contributed by atoms with Crippen LogP contribution in [0.25, 0.3) is 11.6 Å². The van der Waals surface area contributed by atoms with E-state index in [1.165, 1.54) is 6.20 Å². The van der Waals surface area contributed by atoms with Crippen molar-refractivity contribution in [3.8, 4) is 11.6 Å². The van der Waals surface area contributed by atoms with Gasteiger partial charge in [-0.05, 0) is 0 Å². The van der Waals surface area contributed by atoms with Crippen molar-refractivity contribution in [1.82, 2.24) is 19.7 Å². The molecular weight excluding hydrogens is 253 g/mol. The van der Waals surface area contributed by atoms with Crippen LogP contribution in [0.1, 0.15) is 5.89 Å². The van der Waals surface area contributed by atoms with Crippen LogP contribution in [-0.4, -0.2) is 37.1 Å². The first-order valence-corrected chi connectivity index (χ1v) is 4.93. The number of rotatable bonds is 3. The van der Waals surface area contributed by atoms with E-state index in [2.05, 4.69) is 19.6 Å². The van der Waals surface area contributed by atoms with Gasteiger partial charge in [-0.1, -0.05) is 5.16 Å². The summed E-state index contributed by atoms with van der Waals surface area (Å²) in [5.74, 6) is 0.149. The molecule has 2 rings (SSSR count). The van der Waals surface area contributed by atoms with Gasteiger partial charge in [-0.3, -0.25) is 0 Å². The van der Waals surface area contributed by atoms with Gasteiger partial charge in [0.05, 0.1) is 6.42 Å². The molecule has 0 saturated carbocycles. The summed E-state index contributed by atoms with van der Waals surface area (Å²) < 4.78 is 42.6. The first-order chi connectivity index (χ1) is 8.38. The van der Waals surface area contributed by atoms with E-state index in [0.717, 1.165) is 0 Å². The summed E-state index contributed by atoms with van der Waals surface area (Å²) in [5, 5.41) is 12.4. The number of aromatic nitrogens is 4. The van der Waals surface area contributed by atoms with Crippen LogP contribution in [0.15, 0.2) is 16.9 Å². The van der Waals surface area contributed by atoms with Crippen molar-refractivity contribution in [2.75, 3.05) is 0 Å². The molecule has 2 aromatic rings. The zero-order valence-corrected chi connectivity index (χ0v) is 9.22. The van der Waals surface area contributed by atoms with Crippen LogP contribution in [0.3, 0.4) is 0 Å². The molecule has 18 heavy (non-hydrogen) atoms. The fourth-order valence-corrected chi connectivity index (χ4v) is 1.29. The topological polar surface area (TPSA) is 77.0 Å². The molecule has 0 fully saturated rings. The summed E-state index contributed by atoms with van der Waals surface area (Å²) in [4.78, 5) is 7.67. The normalized spacial score (nSPS) is 13.8. The Bertz CT molecular complexity index is 534. The summed E-state index contributed by atoms with van der Waals surface area (Å²) in [6.45, 7) is 0. The van der Waals surface area contributed by atoms with Crippen LogP contribution in [0.2, 0.25) is 0 Å². The number of halogens is 3. The molecule has 0 spiro atoms. The van der Waals surface area contributed by atoms with Crippen LogP contribution in [0.5, 0.6) is 0 Å². The Hall–Kier alpha value is -1.90. The van der Waals surface area contributed by atoms with Crippen LogP contribution in [-0.2, 0) is 13.5 Å². The molecule has 0 aliphatic carbocycles. The van der Waals surface area contributed by atoms with Gasteiger partial charge in [0.15, 0.2) is 11.9 Å². The van der Waals surface area contributed by atoms with Gasteiger partial charge in [0.1, 0.15) is 0 Å². The SMILES string of the molecule is Cn1ccnc1-c1noc(CC(O)C(F)(F)F)n1. The third-order valence-electron chi connectivity index (χ3n) is 2.24. The molecule has 1 unspecified atom stereocenters. The smallest absolute Gasteiger partial charge is 0.383 e. The molecule has 0 saturated heterocycles. The fraction of sp³-hybridized carbons (Fsp3) is 0.444. The molecule has 2 heterocycles. The first kappa shape index (κ1) is 12.6. The minimum atomic E-state index is -4.71. The number of aliphatic hydroxyl groups excluding tert-OH is 1. The monoisotopic (exact) mass is 262 g/mol. The highest BCUT2D eigenvalue weighted by atomic mass is 19.4. The van der Waals surface area contributed by atoms with Gasteiger partial charge in [-0.15, -0.1) is 0 Å². The number of alkyl halides is 3. The van der Waals surface area contributed by atoms with Crippen molar-refractivity contribution in [1.29, 1.82) is 0 Å². The molecule has 1 atom stereocenters. The molecular formula is C9H9F3N4O2. The van der Waals surface area contributed by atoms with E-state index in [4.69, 9.17) is 5.11 Å². The Labute approximate surface area is 99.1 Å². The molecule has 0 radical (unpaired) electrons. The highest BCUT2D eigenvalue weighted by Crippen LogP contribution is 2.23. The maximum Gasteiger partial charge on any atom is 0.414 e. The molecule has 98 valence electrons. The third kappa shape index (κ3) is 2.50. The molecule has 0 aliphatic heterocycles. The van der Waals surface area contributed by atoms with E-state index >= 15 is 0 Å². The van der Waals surface area contributed by atoms with E-state index in [-0.39, 0.29) is 11.7 Å².